The number of benzene rings is 1. The van der Waals surface area contributed by atoms with Gasteiger partial charge in [0.05, 0.1) is 35.8 Å². The Kier molecular flexibility index (Phi) is 4.43. The van der Waals surface area contributed by atoms with E-state index in [1.165, 1.54) is 0 Å². The van der Waals surface area contributed by atoms with Crippen molar-refractivity contribution in [3.63, 3.8) is 0 Å². The van der Waals surface area contributed by atoms with Crippen LogP contribution >= 0.6 is 0 Å². The lowest BCUT2D eigenvalue weighted by molar-refractivity contribution is -0.136. The highest BCUT2D eigenvalue weighted by atomic mass is 19.2. The van der Waals surface area contributed by atoms with Gasteiger partial charge in [0.2, 0.25) is 11.9 Å². The molecule has 4 heterocycles. The molecule has 1 amide bonds. The molecular weight excluding hydrogens is 387 g/mol. The van der Waals surface area contributed by atoms with Gasteiger partial charge in [-0.1, -0.05) is 0 Å². The van der Waals surface area contributed by atoms with Gasteiger partial charge in [0.1, 0.15) is 12.7 Å². The van der Waals surface area contributed by atoms with Crippen LogP contribution in [-0.2, 0) is 16.1 Å². The highest BCUT2D eigenvalue weighted by molar-refractivity contribution is 5.84. The Morgan fingerprint density at radius 3 is 2.76 bits per heavy atom. The first-order chi connectivity index (χ1) is 13.9. The number of carbonyl (C=O) groups excluding carboxylic acids is 1. The molecule has 0 radical (unpaired) electrons. The minimum absolute atomic E-state index is 0.0515. The van der Waals surface area contributed by atoms with Crippen molar-refractivity contribution in [1.29, 1.82) is 0 Å². The molecule has 3 aliphatic heterocycles. The normalized spacial score (nSPS) is 29.2. The molecule has 7 nitrogen and oxygen atoms in total. The number of rotatable bonds is 3. The van der Waals surface area contributed by atoms with Gasteiger partial charge in [-0.15, -0.1) is 0 Å². The van der Waals surface area contributed by atoms with Crippen LogP contribution in [0, 0.1) is 11.6 Å². The molecule has 156 valence electrons. The largest absolute Gasteiger partial charge is 0.374 e. The van der Waals surface area contributed by atoms with Crippen molar-refractivity contribution in [3.8, 4) is 0 Å². The van der Waals surface area contributed by atoms with E-state index in [1.54, 1.807) is 14.4 Å². The molecule has 0 spiro atoms. The maximum absolute atomic E-state index is 13.9. The SMILES string of the molecule is N[C@@H]1CN(c2nc3cc(F)c(F)cc3n2CC(=O)N2CC3CC2CO3)CC[C@H]1F. The molecule has 0 saturated carbocycles. The summed E-state index contributed by atoms with van der Waals surface area (Å²) >= 11 is 0. The van der Waals surface area contributed by atoms with Crippen LogP contribution in [0.3, 0.4) is 0 Å². The van der Waals surface area contributed by atoms with Gasteiger partial charge in [0.25, 0.3) is 0 Å². The molecule has 0 aliphatic carbocycles. The molecule has 2 aromatic rings. The number of ether oxygens (including phenoxy) is 1. The van der Waals surface area contributed by atoms with Gasteiger partial charge in [0.15, 0.2) is 11.6 Å². The van der Waals surface area contributed by atoms with E-state index in [4.69, 9.17) is 10.5 Å². The summed E-state index contributed by atoms with van der Waals surface area (Å²) in [5.74, 6) is -1.77. The van der Waals surface area contributed by atoms with Crippen molar-refractivity contribution >= 4 is 22.9 Å². The van der Waals surface area contributed by atoms with E-state index in [2.05, 4.69) is 4.98 Å². The van der Waals surface area contributed by atoms with Crippen molar-refractivity contribution in [2.75, 3.05) is 31.1 Å². The molecule has 3 aliphatic rings. The number of amides is 1. The van der Waals surface area contributed by atoms with Crippen molar-refractivity contribution in [2.24, 2.45) is 5.73 Å². The van der Waals surface area contributed by atoms with Crippen molar-refractivity contribution in [1.82, 2.24) is 14.5 Å². The summed E-state index contributed by atoms with van der Waals surface area (Å²) in [4.78, 5) is 21.0. The van der Waals surface area contributed by atoms with Gasteiger partial charge in [-0.05, 0) is 12.8 Å². The van der Waals surface area contributed by atoms with E-state index < -0.39 is 23.8 Å². The number of nitrogens with two attached hydrogens (primary N) is 1. The van der Waals surface area contributed by atoms with Crippen LogP contribution < -0.4 is 10.6 Å². The summed E-state index contributed by atoms with van der Waals surface area (Å²) < 4.78 is 48.7. The third-order valence-corrected chi connectivity index (χ3v) is 6.14. The first kappa shape index (κ1) is 18.7. The van der Waals surface area contributed by atoms with Crippen LogP contribution in [0.1, 0.15) is 12.8 Å². The number of hydrogen-bond acceptors (Lipinski definition) is 5. The van der Waals surface area contributed by atoms with Crippen molar-refractivity contribution in [3.05, 3.63) is 23.8 Å². The standard InChI is InChI=1S/C19H22F3N5O2/c20-12-1-2-25(7-15(12)23)19-24-16-4-13(21)14(22)5-17(16)27(19)8-18(28)26-6-11-3-10(26)9-29-11/h4-5,10-12,15H,1-3,6-9,23H2/t10?,11?,12-,15-/m1/s1. The second-order valence-corrected chi connectivity index (χ2v) is 8.06. The van der Waals surface area contributed by atoms with Crippen molar-refractivity contribution in [2.45, 2.75) is 43.7 Å². The summed E-state index contributed by atoms with van der Waals surface area (Å²) in [6.07, 6.45) is 0.00721. The number of piperidine rings is 1. The number of anilines is 1. The fourth-order valence-corrected chi connectivity index (χ4v) is 4.57. The number of aromatic nitrogens is 2. The lowest BCUT2D eigenvalue weighted by Crippen LogP contribution is -2.50. The molecule has 3 fully saturated rings. The van der Waals surface area contributed by atoms with Crippen LogP contribution in [0.15, 0.2) is 12.1 Å². The zero-order valence-corrected chi connectivity index (χ0v) is 15.7. The summed E-state index contributed by atoms with van der Waals surface area (Å²) in [5, 5.41) is 0. The Labute approximate surface area is 165 Å². The number of fused-ring (bicyclic) bond motifs is 3. The minimum atomic E-state index is -1.11. The van der Waals surface area contributed by atoms with E-state index in [0.29, 0.717) is 31.2 Å². The second kappa shape index (κ2) is 6.88. The van der Waals surface area contributed by atoms with Gasteiger partial charge in [-0.3, -0.25) is 4.79 Å². The second-order valence-electron chi connectivity index (χ2n) is 8.06. The first-order valence-corrected chi connectivity index (χ1v) is 9.81. The molecule has 10 heteroatoms. The lowest BCUT2D eigenvalue weighted by atomic mass is 10.1. The molecule has 4 atom stereocenters. The van der Waals surface area contributed by atoms with E-state index in [-0.39, 0.29) is 43.1 Å². The van der Waals surface area contributed by atoms with Crippen molar-refractivity contribution < 1.29 is 22.7 Å². The smallest absolute Gasteiger partial charge is 0.243 e. The van der Waals surface area contributed by atoms with Gasteiger partial charge >= 0.3 is 0 Å². The Morgan fingerprint density at radius 1 is 1.28 bits per heavy atom. The van der Waals surface area contributed by atoms with Crippen LogP contribution in [0.5, 0.6) is 0 Å². The van der Waals surface area contributed by atoms with E-state index in [1.807, 2.05) is 0 Å². The summed E-state index contributed by atoms with van der Waals surface area (Å²) in [6, 6.07) is 1.43. The maximum Gasteiger partial charge on any atom is 0.243 e. The quantitative estimate of drug-likeness (QED) is 0.824. The lowest BCUT2D eigenvalue weighted by Gasteiger charge is -2.34. The van der Waals surface area contributed by atoms with E-state index in [0.717, 1.165) is 18.6 Å². The monoisotopic (exact) mass is 409 g/mol. The van der Waals surface area contributed by atoms with Gasteiger partial charge in [0, 0.05) is 31.8 Å². The summed E-state index contributed by atoms with van der Waals surface area (Å²) in [7, 11) is 0. The Hall–Kier alpha value is -2.33. The predicted molar refractivity (Wildman–Crippen MR) is 99.2 cm³/mol. The van der Waals surface area contributed by atoms with Crippen LogP contribution in [0.4, 0.5) is 19.1 Å². The molecule has 2 N–H and O–H groups in total. The summed E-state index contributed by atoms with van der Waals surface area (Å²) in [6.45, 7) is 1.57. The van der Waals surface area contributed by atoms with Crippen LogP contribution in [-0.4, -0.2) is 71.0 Å². The first-order valence-electron chi connectivity index (χ1n) is 9.81. The third-order valence-electron chi connectivity index (χ3n) is 6.14. The number of hydrogen-bond donors (Lipinski definition) is 1. The summed E-state index contributed by atoms with van der Waals surface area (Å²) in [5.41, 5.74) is 6.44. The van der Waals surface area contributed by atoms with Gasteiger partial charge in [-0.2, -0.15) is 0 Å². The highest BCUT2D eigenvalue weighted by Crippen LogP contribution is 2.30. The Balaban J connectivity index is 1.51. The molecule has 3 saturated heterocycles. The maximum atomic E-state index is 13.9. The average molecular weight is 409 g/mol. The van der Waals surface area contributed by atoms with Gasteiger partial charge in [-0.25, -0.2) is 18.2 Å². The molecule has 1 aromatic carbocycles. The fraction of sp³-hybridized carbons (Fsp3) is 0.579. The number of halogens is 3. The third kappa shape index (κ3) is 3.14. The number of likely N-dealkylation sites (tertiary alicyclic amines) is 1. The predicted octanol–water partition coefficient (Wildman–Crippen LogP) is 1.19. The Morgan fingerprint density at radius 2 is 2.07 bits per heavy atom. The van der Waals surface area contributed by atoms with Gasteiger partial charge < -0.3 is 24.8 Å². The molecule has 1 aromatic heterocycles. The number of carbonyl (C=O) groups is 1. The number of nitrogens with zero attached hydrogens (tertiary/aromatic N) is 4. The topological polar surface area (TPSA) is 76.6 Å². The molecule has 29 heavy (non-hydrogen) atoms. The van der Waals surface area contributed by atoms with E-state index >= 15 is 0 Å². The zero-order chi connectivity index (χ0) is 20.3. The van der Waals surface area contributed by atoms with Crippen LogP contribution in [0.25, 0.3) is 11.0 Å². The zero-order valence-electron chi connectivity index (χ0n) is 15.7. The van der Waals surface area contributed by atoms with E-state index in [9.17, 15) is 18.0 Å². The molecule has 2 bridgehead atoms. The number of morpholine rings is 1. The molecule has 5 rings (SSSR count). The average Bonchev–Trinajstić information content (AvgIpc) is 3.40. The Bertz CT molecular complexity index is 967. The number of alkyl halides is 1. The van der Waals surface area contributed by atoms with Crippen LogP contribution in [0.2, 0.25) is 0 Å². The minimum Gasteiger partial charge on any atom is -0.374 e. The number of imidazole rings is 1. The highest BCUT2D eigenvalue weighted by Gasteiger charge is 2.41. The fourth-order valence-electron chi connectivity index (χ4n) is 4.57. The molecule has 2 unspecified atom stereocenters. The molecular formula is C19H22F3N5O2.